The van der Waals surface area contributed by atoms with Gasteiger partial charge in [0.25, 0.3) is 0 Å². The van der Waals surface area contributed by atoms with Crippen molar-refractivity contribution in [2.24, 2.45) is 17.6 Å². The van der Waals surface area contributed by atoms with E-state index >= 15 is 0 Å². The number of hydrogen-bond donors (Lipinski definition) is 1. The van der Waals surface area contributed by atoms with Crippen molar-refractivity contribution in [3.05, 3.63) is 0 Å². The topological polar surface area (TPSA) is 41.7 Å². The summed E-state index contributed by atoms with van der Waals surface area (Å²) < 4.78 is 5.90. The molecular weight excluding hydrogens is 250 g/mol. The average molecular weight is 285 g/mol. The lowest BCUT2D eigenvalue weighted by Gasteiger charge is -2.35. The third-order valence-corrected chi connectivity index (χ3v) is 4.06. The Morgan fingerprint density at radius 3 is 2.60 bits per heavy atom. The van der Waals surface area contributed by atoms with Crippen LogP contribution in [0.25, 0.3) is 0 Å². The van der Waals surface area contributed by atoms with Crippen molar-refractivity contribution in [2.75, 3.05) is 46.4 Å². The summed E-state index contributed by atoms with van der Waals surface area (Å²) in [6.07, 6.45) is 1.42. The van der Waals surface area contributed by atoms with Crippen molar-refractivity contribution in [1.82, 2.24) is 9.80 Å². The first-order valence-electron chi connectivity index (χ1n) is 8.16. The summed E-state index contributed by atoms with van der Waals surface area (Å²) in [4.78, 5) is 4.90. The Bertz CT molecular complexity index is 258. The molecule has 120 valence electrons. The van der Waals surface area contributed by atoms with Crippen LogP contribution in [0.4, 0.5) is 0 Å². The normalized spacial score (nSPS) is 22.9. The van der Waals surface area contributed by atoms with Gasteiger partial charge in [0.1, 0.15) is 0 Å². The van der Waals surface area contributed by atoms with Crippen LogP contribution in [0.1, 0.15) is 34.1 Å². The summed E-state index contributed by atoms with van der Waals surface area (Å²) >= 11 is 0. The van der Waals surface area contributed by atoms with E-state index in [0.29, 0.717) is 18.1 Å². The number of likely N-dealkylation sites (N-methyl/N-ethyl adjacent to an activating group) is 1. The number of ether oxygens (including phenoxy) is 1. The van der Waals surface area contributed by atoms with Gasteiger partial charge in [0.05, 0.1) is 12.7 Å². The quantitative estimate of drug-likeness (QED) is 0.736. The van der Waals surface area contributed by atoms with Crippen LogP contribution < -0.4 is 5.73 Å². The predicted molar refractivity (Wildman–Crippen MR) is 85.9 cm³/mol. The predicted octanol–water partition coefficient (Wildman–Crippen LogP) is 1.65. The van der Waals surface area contributed by atoms with Crippen molar-refractivity contribution < 1.29 is 4.74 Å². The SMILES string of the molecule is CC(C)CN1CCOC(CN(C)CCC(N)C(C)C)C1. The molecule has 1 saturated heterocycles. The largest absolute Gasteiger partial charge is 0.374 e. The van der Waals surface area contributed by atoms with E-state index in [1.807, 2.05) is 0 Å². The fourth-order valence-electron chi connectivity index (χ4n) is 2.71. The van der Waals surface area contributed by atoms with Crippen LogP contribution in [0.5, 0.6) is 0 Å². The summed E-state index contributed by atoms with van der Waals surface area (Å²) in [5, 5.41) is 0. The lowest BCUT2D eigenvalue weighted by Crippen LogP contribution is -2.48. The number of hydrogen-bond acceptors (Lipinski definition) is 4. The second-order valence-electron chi connectivity index (χ2n) is 7.11. The molecule has 1 aliphatic heterocycles. The number of nitrogens with zero attached hydrogens (tertiary/aromatic N) is 2. The Morgan fingerprint density at radius 2 is 2.00 bits per heavy atom. The highest BCUT2D eigenvalue weighted by molar-refractivity contribution is 4.75. The number of morpholine rings is 1. The summed E-state index contributed by atoms with van der Waals surface area (Å²) in [7, 11) is 2.18. The molecule has 1 fully saturated rings. The van der Waals surface area contributed by atoms with E-state index in [2.05, 4.69) is 44.5 Å². The smallest absolute Gasteiger partial charge is 0.0829 e. The maximum Gasteiger partial charge on any atom is 0.0829 e. The summed E-state index contributed by atoms with van der Waals surface area (Å²) in [5.41, 5.74) is 6.11. The first kappa shape index (κ1) is 17.9. The van der Waals surface area contributed by atoms with Gasteiger partial charge in [0.15, 0.2) is 0 Å². The first-order chi connectivity index (χ1) is 9.38. The molecule has 0 aromatic heterocycles. The molecule has 0 radical (unpaired) electrons. The van der Waals surface area contributed by atoms with Crippen molar-refractivity contribution in [3.63, 3.8) is 0 Å². The third kappa shape index (κ3) is 7.02. The lowest BCUT2D eigenvalue weighted by atomic mass is 10.0. The van der Waals surface area contributed by atoms with Crippen molar-refractivity contribution in [1.29, 1.82) is 0 Å². The van der Waals surface area contributed by atoms with Gasteiger partial charge in [-0.25, -0.2) is 0 Å². The van der Waals surface area contributed by atoms with E-state index < -0.39 is 0 Å². The maximum atomic E-state index is 6.11. The van der Waals surface area contributed by atoms with Gasteiger partial charge < -0.3 is 15.4 Å². The van der Waals surface area contributed by atoms with Gasteiger partial charge in [-0.3, -0.25) is 4.90 Å². The number of rotatable bonds is 8. The van der Waals surface area contributed by atoms with Crippen molar-refractivity contribution in [3.8, 4) is 0 Å². The molecule has 1 rings (SSSR count). The van der Waals surface area contributed by atoms with E-state index in [4.69, 9.17) is 10.5 Å². The van der Waals surface area contributed by atoms with Crippen LogP contribution in [0, 0.1) is 11.8 Å². The molecule has 4 heteroatoms. The molecule has 20 heavy (non-hydrogen) atoms. The Morgan fingerprint density at radius 1 is 1.30 bits per heavy atom. The van der Waals surface area contributed by atoms with Crippen LogP contribution in [-0.4, -0.2) is 68.3 Å². The fourth-order valence-corrected chi connectivity index (χ4v) is 2.71. The maximum absolute atomic E-state index is 6.11. The van der Waals surface area contributed by atoms with Gasteiger partial charge in [-0.1, -0.05) is 27.7 Å². The molecule has 0 bridgehead atoms. The average Bonchev–Trinajstić information content (AvgIpc) is 2.35. The monoisotopic (exact) mass is 285 g/mol. The zero-order chi connectivity index (χ0) is 15.1. The molecular formula is C16H35N3O. The Labute approximate surface area is 125 Å². The molecule has 0 amide bonds. The standard InChI is InChI=1S/C16H35N3O/c1-13(2)10-19-8-9-20-15(12-19)11-18(5)7-6-16(17)14(3)4/h13-16H,6-12,17H2,1-5H3. The highest BCUT2D eigenvalue weighted by Gasteiger charge is 2.22. The Balaban J connectivity index is 2.25. The second-order valence-corrected chi connectivity index (χ2v) is 7.11. The van der Waals surface area contributed by atoms with Gasteiger partial charge in [0.2, 0.25) is 0 Å². The highest BCUT2D eigenvalue weighted by Crippen LogP contribution is 2.10. The van der Waals surface area contributed by atoms with Crippen LogP contribution in [0.15, 0.2) is 0 Å². The molecule has 0 aliphatic carbocycles. The van der Waals surface area contributed by atoms with Gasteiger partial charge in [-0.2, -0.15) is 0 Å². The van der Waals surface area contributed by atoms with Gasteiger partial charge in [-0.15, -0.1) is 0 Å². The second kappa shape index (κ2) is 8.98. The summed E-state index contributed by atoms with van der Waals surface area (Å²) in [5.74, 6) is 1.30. The van der Waals surface area contributed by atoms with E-state index in [1.165, 1.54) is 6.54 Å². The summed E-state index contributed by atoms with van der Waals surface area (Å²) in [6, 6.07) is 0.308. The van der Waals surface area contributed by atoms with Crippen LogP contribution in [0.2, 0.25) is 0 Å². The van der Waals surface area contributed by atoms with Crippen molar-refractivity contribution in [2.45, 2.75) is 46.3 Å². The van der Waals surface area contributed by atoms with Gasteiger partial charge in [0, 0.05) is 32.2 Å². The highest BCUT2D eigenvalue weighted by atomic mass is 16.5. The first-order valence-corrected chi connectivity index (χ1v) is 8.16. The van der Waals surface area contributed by atoms with E-state index in [0.717, 1.165) is 45.1 Å². The molecule has 0 spiro atoms. The van der Waals surface area contributed by atoms with E-state index in [1.54, 1.807) is 0 Å². The molecule has 2 N–H and O–H groups in total. The molecule has 1 aliphatic rings. The van der Waals surface area contributed by atoms with Crippen LogP contribution in [0.3, 0.4) is 0 Å². The molecule has 2 unspecified atom stereocenters. The van der Waals surface area contributed by atoms with Crippen LogP contribution >= 0.6 is 0 Å². The number of nitrogens with two attached hydrogens (primary N) is 1. The molecule has 0 aromatic rings. The summed E-state index contributed by atoms with van der Waals surface area (Å²) in [6.45, 7) is 15.2. The third-order valence-electron chi connectivity index (χ3n) is 4.06. The Kier molecular flexibility index (Phi) is 8.03. The Hall–Kier alpha value is -0.160. The van der Waals surface area contributed by atoms with Gasteiger partial charge in [-0.05, 0) is 31.8 Å². The molecule has 0 saturated carbocycles. The van der Waals surface area contributed by atoms with Gasteiger partial charge >= 0.3 is 0 Å². The zero-order valence-electron chi connectivity index (χ0n) is 14.1. The fraction of sp³-hybridized carbons (Fsp3) is 1.00. The minimum atomic E-state index is 0.308. The zero-order valence-corrected chi connectivity index (χ0v) is 14.1. The minimum Gasteiger partial charge on any atom is -0.374 e. The molecule has 2 atom stereocenters. The lowest BCUT2D eigenvalue weighted by molar-refractivity contribution is -0.0435. The molecule has 0 aromatic carbocycles. The minimum absolute atomic E-state index is 0.308. The van der Waals surface area contributed by atoms with Crippen molar-refractivity contribution >= 4 is 0 Å². The molecule has 4 nitrogen and oxygen atoms in total. The molecule has 1 heterocycles. The van der Waals surface area contributed by atoms with E-state index in [-0.39, 0.29) is 0 Å². The van der Waals surface area contributed by atoms with Crippen LogP contribution in [-0.2, 0) is 4.74 Å². The van der Waals surface area contributed by atoms with E-state index in [9.17, 15) is 0 Å².